The molecule has 1 saturated heterocycles. The van der Waals surface area contributed by atoms with Gasteiger partial charge in [-0.3, -0.25) is 9.59 Å². The van der Waals surface area contributed by atoms with Gasteiger partial charge in [0.15, 0.2) is 0 Å². The topological polar surface area (TPSA) is 76.1 Å². The molecule has 1 fully saturated rings. The predicted octanol–water partition coefficient (Wildman–Crippen LogP) is 4.07. The molecule has 7 heteroatoms. The monoisotopic (exact) mass is 427 g/mol. The van der Waals surface area contributed by atoms with Crippen molar-refractivity contribution in [2.75, 3.05) is 26.9 Å². The molecular weight excluding hydrogens is 401 g/mol. The maximum absolute atomic E-state index is 13.3. The first kappa shape index (κ1) is 22.5. The van der Waals surface area contributed by atoms with Gasteiger partial charge in [0.25, 0.3) is 11.7 Å². The van der Waals surface area contributed by atoms with Crippen molar-refractivity contribution in [3.8, 4) is 5.75 Å². The molecule has 0 bridgehead atoms. The normalized spacial score (nSPS) is 17.9. The summed E-state index contributed by atoms with van der Waals surface area (Å²) in [4.78, 5) is 27.0. The third-order valence-electron chi connectivity index (χ3n) is 5.13. The van der Waals surface area contributed by atoms with Crippen molar-refractivity contribution in [3.05, 3.63) is 71.0 Å². The van der Waals surface area contributed by atoms with Gasteiger partial charge in [-0.15, -0.1) is 0 Å². The molecule has 164 valence electrons. The van der Waals surface area contributed by atoms with Crippen LogP contribution in [0.5, 0.6) is 5.75 Å². The number of aliphatic hydroxyl groups excluding tert-OH is 1. The van der Waals surface area contributed by atoms with Crippen LogP contribution in [-0.4, -0.2) is 48.6 Å². The van der Waals surface area contributed by atoms with Crippen LogP contribution in [0.2, 0.25) is 0 Å². The van der Waals surface area contributed by atoms with E-state index >= 15 is 0 Å². The van der Waals surface area contributed by atoms with E-state index in [1.165, 1.54) is 36.3 Å². The van der Waals surface area contributed by atoms with E-state index in [4.69, 9.17) is 9.47 Å². The number of halogens is 1. The average Bonchev–Trinajstić information content (AvgIpc) is 3.03. The largest absolute Gasteiger partial charge is 0.507 e. The number of hydrogen-bond acceptors (Lipinski definition) is 5. The summed E-state index contributed by atoms with van der Waals surface area (Å²) in [6.07, 6.45) is 1.90. The van der Waals surface area contributed by atoms with Gasteiger partial charge < -0.3 is 19.5 Å². The van der Waals surface area contributed by atoms with Crippen molar-refractivity contribution < 1.29 is 28.6 Å². The highest BCUT2D eigenvalue weighted by Crippen LogP contribution is 2.40. The second-order valence-corrected chi connectivity index (χ2v) is 7.27. The third-order valence-corrected chi connectivity index (χ3v) is 5.13. The number of carbonyl (C=O) groups excluding carboxylic acids is 2. The van der Waals surface area contributed by atoms with Crippen molar-refractivity contribution in [3.63, 3.8) is 0 Å². The van der Waals surface area contributed by atoms with Crippen LogP contribution in [0.15, 0.2) is 54.1 Å². The van der Waals surface area contributed by atoms with Crippen molar-refractivity contribution >= 4 is 17.4 Å². The summed E-state index contributed by atoms with van der Waals surface area (Å²) >= 11 is 0. The van der Waals surface area contributed by atoms with Crippen molar-refractivity contribution in [1.82, 2.24) is 4.90 Å². The van der Waals surface area contributed by atoms with Gasteiger partial charge in [0.1, 0.15) is 17.3 Å². The number of hydrogen-bond donors (Lipinski definition) is 1. The molecule has 31 heavy (non-hydrogen) atoms. The van der Waals surface area contributed by atoms with Crippen LogP contribution in [-0.2, 0) is 14.3 Å². The number of rotatable bonds is 9. The van der Waals surface area contributed by atoms with Gasteiger partial charge >= 0.3 is 0 Å². The SMILES string of the molecule is CCCCOc1cccc(C2C(=C(O)c3ccc(F)cc3)C(=O)C(=O)N2CCOC)c1. The summed E-state index contributed by atoms with van der Waals surface area (Å²) < 4.78 is 24.2. The summed E-state index contributed by atoms with van der Waals surface area (Å²) in [5, 5.41) is 10.9. The number of likely N-dealkylation sites (tertiary alicyclic amines) is 1. The molecule has 3 rings (SSSR count). The highest BCUT2D eigenvalue weighted by molar-refractivity contribution is 6.46. The maximum atomic E-state index is 13.3. The molecule has 1 aliphatic rings. The van der Waals surface area contributed by atoms with E-state index in [2.05, 4.69) is 6.92 Å². The molecular formula is C24H26FNO5. The Bertz CT molecular complexity index is 970. The first-order valence-electron chi connectivity index (χ1n) is 10.2. The molecule has 1 aliphatic heterocycles. The number of aliphatic hydroxyl groups is 1. The smallest absolute Gasteiger partial charge is 0.295 e. The highest BCUT2D eigenvalue weighted by atomic mass is 19.1. The van der Waals surface area contributed by atoms with Gasteiger partial charge in [-0.05, 0) is 48.4 Å². The van der Waals surface area contributed by atoms with E-state index in [-0.39, 0.29) is 30.0 Å². The second kappa shape index (κ2) is 10.2. The fraction of sp³-hybridized carbons (Fsp3) is 0.333. The lowest BCUT2D eigenvalue weighted by Gasteiger charge is -2.25. The minimum atomic E-state index is -0.810. The van der Waals surface area contributed by atoms with E-state index in [0.29, 0.717) is 17.9 Å². The lowest BCUT2D eigenvalue weighted by molar-refractivity contribution is -0.140. The molecule has 2 aromatic rings. The summed E-state index contributed by atoms with van der Waals surface area (Å²) in [6, 6.07) is 11.4. The predicted molar refractivity (Wildman–Crippen MR) is 114 cm³/mol. The Morgan fingerprint density at radius 3 is 2.55 bits per heavy atom. The number of carbonyl (C=O) groups is 2. The molecule has 1 atom stereocenters. The molecule has 0 aromatic heterocycles. The Morgan fingerprint density at radius 2 is 1.87 bits per heavy atom. The van der Waals surface area contributed by atoms with E-state index in [1.807, 2.05) is 0 Å². The number of Topliss-reactive ketones (excluding diaryl/α,β-unsaturated/α-hetero) is 1. The van der Waals surface area contributed by atoms with Gasteiger partial charge in [0, 0.05) is 19.2 Å². The minimum Gasteiger partial charge on any atom is -0.507 e. The van der Waals surface area contributed by atoms with E-state index in [0.717, 1.165) is 12.8 Å². The third kappa shape index (κ3) is 4.94. The van der Waals surface area contributed by atoms with Crippen LogP contribution >= 0.6 is 0 Å². The zero-order chi connectivity index (χ0) is 22.4. The first-order valence-corrected chi connectivity index (χ1v) is 10.2. The molecule has 6 nitrogen and oxygen atoms in total. The molecule has 1 N–H and O–H groups in total. The highest BCUT2D eigenvalue weighted by Gasteiger charge is 2.46. The van der Waals surface area contributed by atoms with Crippen LogP contribution in [0.4, 0.5) is 4.39 Å². The Morgan fingerprint density at radius 1 is 1.13 bits per heavy atom. The molecule has 0 saturated carbocycles. The zero-order valence-electron chi connectivity index (χ0n) is 17.6. The molecule has 1 heterocycles. The van der Waals surface area contributed by atoms with Crippen LogP contribution < -0.4 is 4.74 Å². The molecule has 1 unspecified atom stereocenters. The average molecular weight is 427 g/mol. The van der Waals surface area contributed by atoms with E-state index in [1.54, 1.807) is 24.3 Å². The van der Waals surface area contributed by atoms with Crippen LogP contribution in [0.3, 0.4) is 0 Å². The van der Waals surface area contributed by atoms with Crippen molar-refractivity contribution in [2.24, 2.45) is 0 Å². The molecule has 1 amide bonds. The molecule has 0 spiro atoms. The Balaban J connectivity index is 2.07. The van der Waals surface area contributed by atoms with Gasteiger partial charge in [-0.25, -0.2) is 4.39 Å². The Kier molecular flexibility index (Phi) is 7.41. The lowest BCUT2D eigenvalue weighted by Crippen LogP contribution is -2.32. The Hall–Kier alpha value is -3.19. The van der Waals surface area contributed by atoms with Crippen molar-refractivity contribution in [2.45, 2.75) is 25.8 Å². The molecule has 2 aromatic carbocycles. The quantitative estimate of drug-likeness (QED) is 0.283. The summed E-state index contributed by atoms with van der Waals surface area (Å²) in [6.45, 7) is 3.03. The lowest BCUT2D eigenvalue weighted by atomic mass is 9.95. The standard InChI is InChI=1S/C24H26FNO5/c1-3-4-13-31-19-7-5-6-17(15-19)21-20(22(27)16-8-10-18(25)11-9-16)23(28)24(29)26(21)12-14-30-2/h5-11,15,21,27H,3-4,12-14H2,1-2H3. The van der Waals surface area contributed by atoms with Gasteiger partial charge in [-0.1, -0.05) is 25.5 Å². The van der Waals surface area contributed by atoms with E-state index < -0.39 is 23.5 Å². The summed E-state index contributed by atoms with van der Waals surface area (Å²) in [5.74, 6) is -1.71. The summed E-state index contributed by atoms with van der Waals surface area (Å²) in [7, 11) is 1.51. The van der Waals surface area contributed by atoms with Crippen LogP contribution in [0.1, 0.15) is 36.9 Å². The fourth-order valence-electron chi connectivity index (χ4n) is 3.52. The van der Waals surface area contributed by atoms with Gasteiger partial charge in [0.05, 0.1) is 24.8 Å². The maximum Gasteiger partial charge on any atom is 0.295 e. The first-order chi connectivity index (χ1) is 15.0. The van der Waals surface area contributed by atoms with E-state index in [9.17, 15) is 19.1 Å². The number of benzene rings is 2. The van der Waals surface area contributed by atoms with Crippen LogP contribution in [0.25, 0.3) is 5.76 Å². The summed E-state index contributed by atoms with van der Waals surface area (Å²) in [5.41, 5.74) is 0.845. The number of methoxy groups -OCH3 is 1. The molecule has 0 aliphatic carbocycles. The van der Waals surface area contributed by atoms with Gasteiger partial charge in [0.2, 0.25) is 0 Å². The zero-order valence-corrected chi connectivity index (χ0v) is 17.6. The number of amides is 1. The van der Waals surface area contributed by atoms with Crippen molar-refractivity contribution in [1.29, 1.82) is 0 Å². The molecule has 0 radical (unpaired) electrons. The number of ketones is 1. The van der Waals surface area contributed by atoms with Crippen LogP contribution in [0, 0.1) is 5.82 Å². The minimum absolute atomic E-state index is 0.0431. The Labute approximate surface area is 180 Å². The number of ether oxygens (including phenoxy) is 2. The van der Waals surface area contributed by atoms with Gasteiger partial charge in [-0.2, -0.15) is 0 Å². The fourth-order valence-corrected chi connectivity index (χ4v) is 3.52. The number of unbranched alkanes of at least 4 members (excludes halogenated alkanes) is 1. The number of nitrogens with zero attached hydrogens (tertiary/aromatic N) is 1. The second-order valence-electron chi connectivity index (χ2n) is 7.27.